The molecule has 0 heterocycles. The van der Waals surface area contributed by atoms with Gasteiger partial charge < -0.3 is 25.5 Å². The predicted octanol–water partition coefficient (Wildman–Crippen LogP) is 3.82. The molecule has 0 radical (unpaired) electrons. The maximum atomic E-state index is 12.3. The fourth-order valence-electron chi connectivity index (χ4n) is 4.30. The Morgan fingerprint density at radius 3 is 2.24 bits per heavy atom. The van der Waals surface area contributed by atoms with E-state index in [1.54, 1.807) is 24.3 Å². The van der Waals surface area contributed by atoms with Crippen molar-refractivity contribution in [2.24, 2.45) is 5.16 Å². The fourth-order valence-corrected chi connectivity index (χ4v) is 4.30. The van der Waals surface area contributed by atoms with Crippen LogP contribution in [0, 0.1) is 0 Å². The van der Waals surface area contributed by atoms with E-state index in [0.29, 0.717) is 11.1 Å². The second-order valence-corrected chi connectivity index (χ2v) is 7.93. The summed E-state index contributed by atoms with van der Waals surface area (Å²) in [5.41, 5.74) is 5.52. The molecule has 3 aromatic rings. The third kappa shape index (κ3) is 4.89. The Balaban J connectivity index is 1.29. The maximum absolute atomic E-state index is 12.3. The van der Waals surface area contributed by atoms with Crippen molar-refractivity contribution in [1.82, 2.24) is 5.32 Å². The van der Waals surface area contributed by atoms with Crippen LogP contribution < -0.4 is 5.32 Å². The highest BCUT2D eigenvalue weighted by Crippen LogP contribution is 2.44. The van der Waals surface area contributed by atoms with E-state index in [2.05, 4.69) is 34.7 Å². The molecule has 33 heavy (non-hydrogen) atoms. The molecule has 1 aliphatic rings. The van der Waals surface area contributed by atoms with Crippen LogP contribution in [0.5, 0.6) is 0 Å². The summed E-state index contributed by atoms with van der Waals surface area (Å²) in [4.78, 5) is 12.3. The topological polar surface area (TPSA) is 111 Å². The monoisotopic (exact) mass is 446 g/mol. The first-order valence-electron chi connectivity index (χ1n) is 10.8. The molecule has 3 aromatic carbocycles. The first-order chi connectivity index (χ1) is 16.1. The van der Waals surface area contributed by atoms with Crippen LogP contribution in [-0.2, 0) is 4.74 Å². The molecule has 4 N–H and O–H groups in total. The lowest BCUT2D eigenvalue weighted by Gasteiger charge is -2.20. The Hall–Kier alpha value is -3.68. The van der Waals surface area contributed by atoms with Gasteiger partial charge in [-0.05, 0) is 34.2 Å². The van der Waals surface area contributed by atoms with Crippen LogP contribution >= 0.6 is 0 Å². The van der Waals surface area contributed by atoms with Gasteiger partial charge in [0.25, 0.3) is 0 Å². The van der Waals surface area contributed by atoms with Gasteiger partial charge in [0.1, 0.15) is 12.7 Å². The van der Waals surface area contributed by atoms with E-state index in [4.69, 9.17) is 9.94 Å². The van der Waals surface area contributed by atoms with Crippen LogP contribution in [0.1, 0.15) is 40.7 Å². The Kier molecular flexibility index (Phi) is 7.02. The highest BCUT2D eigenvalue weighted by Gasteiger charge is 2.29. The molecular formula is C26H26N2O5. The summed E-state index contributed by atoms with van der Waals surface area (Å²) in [7, 11) is 0. The lowest BCUT2D eigenvalue weighted by molar-refractivity contribution is 0.0136. The summed E-state index contributed by atoms with van der Waals surface area (Å²) in [5.74, 6) is -0.0275. The number of hydrogen-bond acceptors (Lipinski definition) is 6. The average molecular weight is 447 g/mol. The van der Waals surface area contributed by atoms with Crippen LogP contribution in [-0.4, -0.2) is 47.0 Å². The van der Waals surface area contributed by atoms with E-state index in [9.17, 15) is 15.0 Å². The van der Waals surface area contributed by atoms with Crippen LogP contribution in [0.3, 0.4) is 0 Å². The summed E-state index contributed by atoms with van der Waals surface area (Å²) >= 11 is 0. The molecule has 1 aliphatic carbocycles. The normalized spacial score (nSPS) is 14.5. The molecule has 7 nitrogen and oxygen atoms in total. The Bertz CT molecular complexity index is 1100. The van der Waals surface area contributed by atoms with Gasteiger partial charge in [0.2, 0.25) is 0 Å². The van der Waals surface area contributed by atoms with Crippen molar-refractivity contribution in [2.45, 2.75) is 24.5 Å². The predicted molar refractivity (Wildman–Crippen MR) is 124 cm³/mol. The summed E-state index contributed by atoms with van der Waals surface area (Å²) in [6.45, 7) is 0.337. The lowest BCUT2D eigenvalue weighted by Crippen LogP contribution is -2.31. The van der Waals surface area contributed by atoms with E-state index < -0.39 is 18.3 Å². The lowest BCUT2D eigenvalue weighted by atomic mass is 9.97. The molecule has 0 saturated carbocycles. The number of hydrogen-bond donors (Lipinski definition) is 4. The smallest absolute Gasteiger partial charge is 0.407 e. The van der Waals surface area contributed by atoms with E-state index in [0.717, 1.165) is 22.3 Å². The summed E-state index contributed by atoms with van der Waals surface area (Å²) < 4.78 is 5.48. The van der Waals surface area contributed by atoms with E-state index in [1.807, 2.05) is 24.3 Å². The molecule has 2 unspecified atom stereocenters. The number of benzene rings is 3. The minimum absolute atomic E-state index is 0.0275. The largest absolute Gasteiger partial charge is 0.449 e. The number of alkyl carbamates (subject to hydrolysis) is 1. The zero-order valence-electron chi connectivity index (χ0n) is 18.0. The number of aliphatic hydroxyl groups excluding tert-OH is 2. The number of amides is 1. The molecule has 2 atom stereocenters. The van der Waals surface area contributed by atoms with Crippen LogP contribution in [0.2, 0.25) is 0 Å². The summed E-state index contributed by atoms with van der Waals surface area (Å²) in [5, 5.41) is 35.2. The van der Waals surface area contributed by atoms with Gasteiger partial charge in [-0.1, -0.05) is 78.0 Å². The van der Waals surface area contributed by atoms with Crippen molar-refractivity contribution in [2.75, 3.05) is 13.2 Å². The Labute approximate surface area is 192 Å². The molecule has 7 heteroatoms. The number of rotatable bonds is 8. The SMILES string of the molecule is O=C(NCCC(O)C(O)c1ccccc1C=NO)OCC1c2ccccc2-c2ccccc21. The minimum atomic E-state index is -1.19. The van der Waals surface area contributed by atoms with Crippen molar-refractivity contribution in [1.29, 1.82) is 0 Å². The summed E-state index contributed by atoms with van der Waals surface area (Å²) in [6, 6.07) is 23.0. The minimum Gasteiger partial charge on any atom is -0.449 e. The molecule has 0 aromatic heterocycles. The van der Waals surface area contributed by atoms with Gasteiger partial charge in [-0.2, -0.15) is 0 Å². The fraction of sp³-hybridized carbons (Fsp3) is 0.231. The number of oxime groups is 1. The molecule has 1 amide bonds. The molecule has 0 fully saturated rings. The van der Waals surface area contributed by atoms with Crippen molar-refractivity contribution >= 4 is 12.3 Å². The maximum Gasteiger partial charge on any atom is 0.407 e. The standard InChI is InChI=1S/C26H26N2O5/c29-24(25(30)18-8-2-1-7-17(18)15-28-32)13-14-27-26(31)33-16-23-21-11-5-3-9-19(21)20-10-4-6-12-22(20)23/h1-12,15,23-25,29-30,32H,13-14,16H2,(H,27,31). The van der Waals surface area contributed by atoms with Crippen LogP contribution in [0.15, 0.2) is 78.0 Å². The van der Waals surface area contributed by atoms with Crippen molar-refractivity contribution in [3.05, 3.63) is 95.1 Å². The van der Waals surface area contributed by atoms with Crippen LogP contribution in [0.4, 0.5) is 4.79 Å². The number of carbonyl (C=O) groups excluding carboxylic acids is 1. The zero-order chi connectivity index (χ0) is 23.2. The summed E-state index contributed by atoms with van der Waals surface area (Å²) in [6.07, 6.45) is -1.57. The number of fused-ring (bicyclic) bond motifs is 3. The highest BCUT2D eigenvalue weighted by atomic mass is 16.5. The van der Waals surface area contributed by atoms with Gasteiger partial charge in [0, 0.05) is 18.0 Å². The van der Waals surface area contributed by atoms with E-state index in [-0.39, 0.29) is 25.5 Å². The molecule has 0 saturated heterocycles. The van der Waals surface area contributed by atoms with E-state index in [1.165, 1.54) is 6.21 Å². The Morgan fingerprint density at radius 1 is 0.970 bits per heavy atom. The average Bonchev–Trinajstić information content (AvgIpc) is 3.16. The van der Waals surface area contributed by atoms with Gasteiger partial charge in [-0.3, -0.25) is 0 Å². The number of carbonyl (C=O) groups is 1. The third-order valence-corrected chi connectivity index (χ3v) is 5.93. The van der Waals surface area contributed by atoms with Gasteiger partial charge in [0.05, 0.1) is 12.3 Å². The van der Waals surface area contributed by atoms with Crippen molar-refractivity contribution < 1.29 is 25.0 Å². The van der Waals surface area contributed by atoms with Gasteiger partial charge >= 0.3 is 6.09 Å². The molecule has 0 spiro atoms. The van der Waals surface area contributed by atoms with Gasteiger partial charge in [0.15, 0.2) is 0 Å². The Morgan fingerprint density at radius 2 is 1.58 bits per heavy atom. The van der Waals surface area contributed by atoms with Crippen molar-refractivity contribution in [3.63, 3.8) is 0 Å². The molecule has 0 bridgehead atoms. The zero-order valence-corrected chi connectivity index (χ0v) is 18.0. The molecular weight excluding hydrogens is 420 g/mol. The van der Waals surface area contributed by atoms with Gasteiger partial charge in [-0.15, -0.1) is 0 Å². The number of aliphatic hydroxyl groups is 2. The number of nitrogens with zero attached hydrogens (tertiary/aromatic N) is 1. The highest BCUT2D eigenvalue weighted by molar-refractivity contribution is 5.81. The van der Waals surface area contributed by atoms with Crippen LogP contribution in [0.25, 0.3) is 11.1 Å². The van der Waals surface area contributed by atoms with E-state index >= 15 is 0 Å². The van der Waals surface area contributed by atoms with Gasteiger partial charge in [-0.25, -0.2) is 4.79 Å². The quantitative estimate of drug-likeness (QED) is 0.239. The third-order valence-electron chi connectivity index (χ3n) is 5.93. The molecule has 170 valence electrons. The molecule has 0 aliphatic heterocycles. The second-order valence-electron chi connectivity index (χ2n) is 7.93. The van der Waals surface area contributed by atoms with Crippen molar-refractivity contribution in [3.8, 4) is 11.1 Å². The first kappa shape index (κ1) is 22.5. The number of nitrogens with one attached hydrogen (secondary N) is 1. The first-order valence-corrected chi connectivity index (χ1v) is 10.8. The molecule has 4 rings (SSSR count). The second kappa shape index (κ2) is 10.3. The number of ether oxygens (including phenoxy) is 1.